The van der Waals surface area contributed by atoms with Crippen LogP contribution in [0.3, 0.4) is 0 Å². The van der Waals surface area contributed by atoms with Crippen LogP contribution in [-0.4, -0.2) is 0 Å². The van der Waals surface area contributed by atoms with E-state index in [1.807, 2.05) is 11.3 Å². The van der Waals surface area contributed by atoms with Crippen molar-refractivity contribution >= 4 is 21.6 Å². The van der Waals surface area contributed by atoms with Crippen LogP contribution < -0.4 is 4.57 Å². The number of thiazole rings is 1. The largest absolute Gasteiger partial charge is 0.235 e. The van der Waals surface area contributed by atoms with Gasteiger partial charge in [-0.2, -0.15) is 4.57 Å². The number of hydrogen-bond donors (Lipinski definition) is 0. The Kier molecular flexibility index (Phi) is 4.55. The van der Waals surface area contributed by atoms with E-state index in [0.29, 0.717) is 0 Å². The summed E-state index contributed by atoms with van der Waals surface area (Å²) in [5.74, 6) is 0. The minimum Gasteiger partial charge on any atom is -0.186 e. The van der Waals surface area contributed by atoms with E-state index in [1.54, 1.807) is 0 Å². The molecule has 0 aliphatic heterocycles. The van der Waals surface area contributed by atoms with E-state index < -0.39 is 0 Å². The molecule has 1 nitrogen and oxygen atoms in total. The fourth-order valence-corrected chi connectivity index (χ4v) is 3.35. The van der Waals surface area contributed by atoms with Crippen molar-refractivity contribution in [3.8, 4) is 0 Å². The van der Waals surface area contributed by atoms with Crippen molar-refractivity contribution < 1.29 is 4.57 Å². The molecule has 2 aromatic rings. The van der Waals surface area contributed by atoms with Crippen LogP contribution in [0.1, 0.15) is 44.0 Å². The highest BCUT2D eigenvalue weighted by molar-refractivity contribution is 7.18. The van der Waals surface area contributed by atoms with Crippen molar-refractivity contribution in [1.29, 1.82) is 0 Å². The summed E-state index contributed by atoms with van der Waals surface area (Å²) in [4.78, 5) is 0. The first-order valence-electron chi connectivity index (χ1n) is 6.71. The van der Waals surface area contributed by atoms with Gasteiger partial charge in [-0.1, -0.05) is 49.7 Å². The Morgan fingerprint density at radius 3 is 2.65 bits per heavy atom. The molecule has 92 valence electrons. The Morgan fingerprint density at radius 2 is 1.82 bits per heavy atom. The lowest BCUT2D eigenvalue weighted by molar-refractivity contribution is -0.673. The number of unbranched alkanes of at least 4 members (excludes halogenated alkanes) is 4. The summed E-state index contributed by atoms with van der Waals surface area (Å²) in [7, 11) is 0. The van der Waals surface area contributed by atoms with Crippen LogP contribution in [0, 0.1) is 6.92 Å². The molecule has 0 bridgehead atoms. The van der Waals surface area contributed by atoms with E-state index >= 15 is 0 Å². The van der Waals surface area contributed by atoms with Crippen molar-refractivity contribution in [1.82, 2.24) is 0 Å². The van der Waals surface area contributed by atoms with E-state index in [4.69, 9.17) is 0 Å². The van der Waals surface area contributed by atoms with Gasteiger partial charge < -0.3 is 0 Å². The Hall–Kier alpha value is -0.890. The predicted octanol–water partition coefficient (Wildman–Crippen LogP) is 4.47. The van der Waals surface area contributed by atoms with Crippen LogP contribution in [0.5, 0.6) is 0 Å². The first-order valence-corrected chi connectivity index (χ1v) is 7.52. The molecule has 0 aliphatic rings. The molecule has 2 rings (SSSR count). The second-order valence-corrected chi connectivity index (χ2v) is 5.89. The number of aromatic nitrogens is 1. The molecule has 0 saturated heterocycles. The van der Waals surface area contributed by atoms with Gasteiger partial charge in [-0.15, -0.1) is 0 Å². The maximum Gasteiger partial charge on any atom is 0.235 e. The van der Waals surface area contributed by atoms with Crippen molar-refractivity contribution in [2.75, 3.05) is 0 Å². The smallest absolute Gasteiger partial charge is 0.186 e. The third-order valence-corrected chi connectivity index (χ3v) is 4.36. The van der Waals surface area contributed by atoms with Gasteiger partial charge in [-0.05, 0) is 12.5 Å². The zero-order valence-electron chi connectivity index (χ0n) is 10.9. The molecule has 0 radical (unpaired) electrons. The van der Waals surface area contributed by atoms with Gasteiger partial charge in [0.1, 0.15) is 11.2 Å². The van der Waals surface area contributed by atoms with Gasteiger partial charge in [0.05, 0.1) is 0 Å². The van der Waals surface area contributed by atoms with Crippen LogP contribution in [0.15, 0.2) is 24.3 Å². The van der Waals surface area contributed by atoms with Crippen molar-refractivity contribution in [3.63, 3.8) is 0 Å². The monoisotopic (exact) mass is 248 g/mol. The summed E-state index contributed by atoms with van der Waals surface area (Å²) >= 11 is 1.91. The molecule has 0 saturated carbocycles. The van der Waals surface area contributed by atoms with E-state index in [-0.39, 0.29) is 0 Å². The zero-order chi connectivity index (χ0) is 12.1. The molecule has 1 heterocycles. The molecule has 0 N–H and O–H groups in total. The molecule has 0 atom stereocenters. The highest BCUT2D eigenvalue weighted by Crippen LogP contribution is 2.19. The minimum absolute atomic E-state index is 1.18. The molecule has 0 spiro atoms. The summed E-state index contributed by atoms with van der Waals surface area (Å²) in [5, 5.41) is 1.43. The van der Waals surface area contributed by atoms with Crippen molar-refractivity contribution in [2.24, 2.45) is 0 Å². The van der Waals surface area contributed by atoms with Crippen molar-refractivity contribution in [2.45, 2.75) is 52.5 Å². The van der Waals surface area contributed by atoms with Crippen molar-refractivity contribution in [3.05, 3.63) is 29.3 Å². The van der Waals surface area contributed by atoms with Gasteiger partial charge in [0, 0.05) is 19.4 Å². The Morgan fingerprint density at radius 1 is 1.06 bits per heavy atom. The fourth-order valence-electron chi connectivity index (χ4n) is 2.30. The molecule has 1 aromatic heterocycles. The molecule has 0 fully saturated rings. The third-order valence-electron chi connectivity index (χ3n) is 3.28. The van der Waals surface area contributed by atoms with Crippen LogP contribution >= 0.6 is 11.3 Å². The second kappa shape index (κ2) is 6.15. The van der Waals surface area contributed by atoms with E-state index in [0.717, 1.165) is 0 Å². The highest BCUT2D eigenvalue weighted by Gasteiger charge is 2.15. The van der Waals surface area contributed by atoms with E-state index in [9.17, 15) is 0 Å². The van der Waals surface area contributed by atoms with Gasteiger partial charge in [0.2, 0.25) is 10.5 Å². The Balaban J connectivity index is 2.00. The Labute approximate surface area is 108 Å². The number of hydrogen-bond acceptors (Lipinski definition) is 1. The highest BCUT2D eigenvalue weighted by atomic mass is 32.1. The minimum atomic E-state index is 1.18. The summed E-state index contributed by atoms with van der Waals surface area (Å²) in [6.07, 6.45) is 6.77. The maximum atomic E-state index is 2.48. The second-order valence-electron chi connectivity index (χ2n) is 4.65. The maximum absolute atomic E-state index is 2.48. The first kappa shape index (κ1) is 12.6. The van der Waals surface area contributed by atoms with E-state index in [1.165, 1.54) is 53.9 Å². The quantitative estimate of drug-likeness (QED) is 0.524. The summed E-state index contributed by atoms with van der Waals surface area (Å²) in [6.45, 7) is 5.68. The lowest BCUT2D eigenvalue weighted by Gasteiger charge is -1.98. The Bertz CT molecular complexity index is 473. The lowest BCUT2D eigenvalue weighted by atomic mass is 10.1. The first-order chi connectivity index (χ1) is 8.33. The molecule has 1 aromatic carbocycles. The summed E-state index contributed by atoms with van der Waals surface area (Å²) < 4.78 is 3.89. The number of para-hydroxylation sites is 1. The fraction of sp³-hybridized carbons (Fsp3) is 0.533. The molecule has 0 amide bonds. The molecule has 0 aliphatic carbocycles. The van der Waals surface area contributed by atoms with Gasteiger partial charge in [0.15, 0.2) is 0 Å². The van der Waals surface area contributed by atoms with Gasteiger partial charge >= 0.3 is 0 Å². The average molecular weight is 248 g/mol. The van der Waals surface area contributed by atoms with Crippen LogP contribution in [-0.2, 0) is 6.54 Å². The average Bonchev–Trinajstić information content (AvgIpc) is 2.65. The van der Waals surface area contributed by atoms with E-state index in [2.05, 4.69) is 42.7 Å². The molecular weight excluding hydrogens is 226 g/mol. The number of aryl methyl sites for hydroxylation is 2. The zero-order valence-corrected chi connectivity index (χ0v) is 11.7. The number of rotatable bonds is 6. The predicted molar refractivity (Wildman–Crippen MR) is 75.5 cm³/mol. The summed E-state index contributed by atoms with van der Waals surface area (Å²) in [6, 6.07) is 8.73. The summed E-state index contributed by atoms with van der Waals surface area (Å²) in [5.41, 5.74) is 1.41. The molecule has 0 unspecified atom stereocenters. The van der Waals surface area contributed by atoms with Crippen LogP contribution in [0.4, 0.5) is 0 Å². The standard InChI is InChI=1S/C15H22NS/c1-3-4-5-6-9-12-16-13(2)17-15-11-8-7-10-14(15)16/h7-8,10-11H,3-6,9,12H2,1-2H3/q+1. The number of nitrogens with zero attached hydrogens (tertiary/aromatic N) is 1. The normalized spacial score (nSPS) is 11.2. The molecule has 2 heteroatoms. The lowest BCUT2D eigenvalue weighted by Crippen LogP contribution is -2.34. The third kappa shape index (κ3) is 3.06. The van der Waals surface area contributed by atoms with Crippen LogP contribution in [0.25, 0.3) is 10.2 Å². The van der Waals surface area contributed by atoms with Gasteiger partial charge in [-0.25, -0.2) is 0 Å². The SMILES string of the molecule is CCCCCCC[n+]1c(C)sc2ccccc21. The topological polar surface area (TPSA) is 3.88 Å². The molecule has 17 heavy (non-hydrogen) atoms. The van der Waals surface area contributed by atoms with Gasteiger partial charge in [-0.3, -0.25) is 0 Å². The van der Waals surface area contributed by atoms with Gasteiger partial charge in [0.25, 0.3) is 0 Å². The number of fused-ring (bicyclic) bond motifs is 1. The molecular formula is C15H22NS+. The van der Waals surface area contributed by atoms with Crippen LogP contribution in [0.2, 0.25) is 0 Å². The number of benzene rings is 1.